The molecule has 0 bridgehead atoms. The molecule has 0 aliphatic carbocycles. The second-order valence-electron chi connectivity index (χ2n) is 3.50. The van der Waals surface area contributed by atoms with Crippen LogP contribution >= 0.6 is 31.9 Å². The molecule has 0 saturated heterocycles. The predicted octanol–water partition coefficient (Wildman–Crippen LogP) is 3.39. The molecule has 0 atom stereocenters. The number of ether oxygens (including phenoxy) is 1. The summed E-state index contributed by atoms with van der Waals surface area (Å²) in [5.74, 6) is 6.67. The molecule has 0 aliphatic rings. The van der Waals surface area contributed by atoms with Gasteiger partial charge in [-0.25, -0.2) is 10.8 Å². The van der Waals surface area contributed by atoms with Crippen molar-refractivity contribution in [1.29, 1.82) is 0 Å². The third-order valence-corrected chi connectivity index (χ3v) is 3.24. The molecule has 2 aromatic rings. The number of nitrogens with zero attached hydrogens (tertiary/aromatic N) is 2. The van der Waals surface area contributed by atoms with Gasteiger partial charge < -0.3 is 4.74 Å². The van der Waals surface area contributed by atoms with E-state index in [0.29, 0.717) is 22.1 Å². The van der Waals surface area contributed by atoms with Crippen LogP contribution in [0.3, 0.4) is 0 Å². The standard InChI is InChI=1S/C11H10Br2N4O/c1-6-2-3-7(12)4-9(6)18-10-8(13)5-15-11(16-10)17-14/h2-5H,14H2,1H3,(H,15,16,17). The van der Waals surface area contributed by atoms with Gasteiger partial charge in [0, 0.05) is 4.47 Å². The molecule has 7 heteroatoms. The number of nitrogens with one attached hydrogen (secondary N) is 1. The highest BCUT2D eigenvalue weighted by molar-refractivity contribution is 9.10. The number of anilines is 1. The lowest BCUT2D eigenvalue weighted by Crippen LogP contribution is -2.10. The largest absolute Gasteiger partial charge is 0.437 e. The number of aryl methyl sites for hydroxylation is 1. The maximum absolute atomic E-state index is 5.74. The van der Waals surface area contributed by atoms with Crippen LogP contribution < -0.4 is 16.0 Å². The second kappa shape index (κ2) is 5.64. The molecular weight excluding hydrogens is 364 g/mol. The van der Waals surface area contributed by atoms with Crippen LogP contribution in [0, 0.1) is 6.92 Å². The number of halogens is 2. The molecule has 5 nitrogen and oxygen atoms in total. The van der Waals surface area contributed by atoms with Crippen molar-refractivity contribution in [2.75, 3.05) is 5.43 Å². The lowest BCUT2D eigenvalue weighted by atomic mass is 10.2. The molecule has 0 unspecified atom stereocenters. The Bertz CT molecular complexity index is 577. The summed E-state index contributed by atoms with van der Waals surface area (Å²) in [7, 11) is 0. The first kappa shape index (κ1) is 13.3. The van der Waals surface area contributed by atoms with Gasteiger partial charge in [0.25, 0.3) is 0 Å². The zero-order chi connectivity index (χ0) is 13.1. The van der Waals surface area contributed by atoms with E-state index in [9.17, 15) is 0 Å². The number of aromatic nitrogens is 2. The Balaban J connectivity index is 2.36. The smallest absolute Gasteiger partial charge is 0.240 e. The number of nitrogens with two attached hydrogens (primary N) is 1. The third kappa shape index (κ3) is 2.98. The highest BCUT2D eigenvalue weighted by atomic mass is 79.9. The Labute approximate surface area is 121 Å². The van der Waals surface area contributed by atoms with Gasteiger partial charge in [0.2, 0.25) is 11.8 Å². The van der Waals surface area contributed by atoms with Crippen molar-refractivity contribution in [3.63, 3.8) is 0 Å². The van der Waals surface area contributed by atoms with E-state index in [2.05, 4.69) is 47.3 Å². The van der Waals surface area contributed by atoms with Crippen molar-refractivity contribution in [2.45, 2.75) is 6.92 Å². The Morgan fingerprint density at radius 1 is 1.33 bits per heavy atom. The molecule has 0 spiro atoms. The molecule has 1 aromatic heterocycles. The third-order valence-electron chi connectivity index (χ3n) is 2.20. The van der Waals surface area contributed by atoms with Crippen LogP contribution in [0.4, 0.5) is 5.95 Å². The molecule has 0 amide bonds. The van der Waals surface area contributed by atoms with Gasteiger partial charge in [0.05, 0.1) is 10.7 Å². The highest BCUT2D eigenvalue weighted by Gasteiger charge is 2.09. The molecule has 1 aromatic carbocycles. The lowest BCUT2D eigenvalue weighted by Gasteiger charge is -2.10. The maximum Gasteiger partial charge on any atom is 0.240 e. The van der Waals surface area contributed by atoms with Crippen molar-refractivity contribution in [3.8, 4) is 11.6 Å². The van der Waals surface area contributed by atoms with Gasteiger partial charge in [-0.3, -0.25) is 5.43 Å². The highest BCUT2D eigenvalue weighted by Crippen LogP contribution is 2.31. The summed E-state index contributed by atoms with van der Waals surface area (Å²) in [5, 5.41) is 0. The Hall–Kier alpha value is -1.18. The minimum atomic E-state index is 0.292. The van der Waals surface area contributed by atoms with Gasteiger partial charge in [-0.05, 0) is 40.5 Å². The molecule has 18 heavy (non-hydrogen) atoms. The Morgan fingerprint density at radius 2 is 2.11 bits per heavy atom. The summed E-state index contributed by atoms with van der Waals surface area (Å²) >= 11 is 6.73. The van der Waals surface area contributed by atoms with Crippen LogP contribution in [0.1, 0.15) is 5.56 Å². The van der Waals surface area contributed by atoms with E-state index in [-0.39, 0.29) is 0 Å². The average Bonchev–Trinajstić information content (AvgIpc) is 2.36. The molecule has 1 heterocycles. The zero-order valence-corrected chi connectivity index (χ0v) is 12.6. The molecular formula is C11H10Br2N4O. The summed E-state index contributed by atoms with van der Waals surface area (Å²) in [4.78, 5) is 8.08. The average molecular weight is 374 g/mol. The Kier molecular flexibility index (Phi) is 4.15. The van der Waals surface area contributed by atoms with E-state index in [1.54, 1.807) is 6.20 Å². The number of hydrogen-bond acceptors (Lipinski definition) is 5. The lowest BCUT2D eigenvalue weighted by molar-refractivity contribution is 0.455. The molecule has 3 N–H and O–H groups in total. The second-order valence-corrected chi connectivity index (χ2v) is 5.27. The predicted molar refractivity (Wildman–Crippen MR) is 76.5 cm³/mol. The molecule has 0 radical (unpaired) electrons. The zero-order valence-electron chi connectivity index (χ0n) is 9.45. The van der Waals surface area contributed by atoms with E-state index >= 15 is 0 Å². The summed E-state index contributed by atoms with van der Waals surface area (Å²) in [5.41, 5.74) is 3.38. The Morgan fingerprint density at radius 3 is 2.83 bits per heavy atom. The van der Waals surface area contributed by atoms with Gasteiger partial charge in [-0.2, -0.15) is 4.98 Å². The van der Waals surface area contributed by atoms with Crippen molar-refractivity contribution in [1.82, 2.24) is 9.97 Å². The molecule has 2 rings (SSSR count). The fourth-order valence-corrected chi connectivity index (χ4v) is 1.89. The number of nitrogen functional groups attached to an aromatic ring is 1. The van der Waals surface area contributed by atoms with Crippen molar-refractivity contribution >= 4 is 37.8 Å². The number of benzene rings is 1. The van der Waals surface area contributed by atoms with Crippen LogP contribution in [0.15, 0.2) is 33.3 Å². The fraction of sp³-hybridized carbons (Fsp3) is 0.0909. The summed E-state index contributed by atoms with van der Waals surface area (Å²) < 4.78 is 7.33. The maximum atomic E-state index is 5.74. The van der Waals surface area contributed by atoms with E-state index in [0.717, 1.165) is 10.0 Å². The van der Waals surface area contributed by atoms with Crippen LogP contribution in [-0.4, -0.2) is 9.97 Å². The molecule has 0 aliphatic heterocycles. The summed E-state index contributed by atoms with van der Waals surface area (Å²) in [6, 6.07) is 5.78. The number of rotatable bonds is 3. The first-order valence-corrected chi connectivity index (χ1v) is 6.62. The summed E-state index contributed by atoms with van der Waals surface area (Å²) in [6.45, 7) is 1.96. The fourth-order valence-electron chi connectivity index (χ4n) is 1.28. The first-order valence-electron chi connectivity index (χ1n) is 5.03. The monoisotopic (exact) mass is 372 g/mol. The topological polar surface area (TPSA) is 73.1 Å². The van der Waals surface area contributed by atoms with Gasteiger partial charge in [0.1, 0.15) is 5.75 Å². The van der Waals surface area contributed by atoms with Crippen LogP contribution in [0.25, 0.3) is 0 Å². The van der Waals surface area contributed by atoms with Crippen molar-refractivity contribution < 1.29 is 4.74 Å². The van der Waals surface area contributed by atoms with Crippen LogP contribution in [0.5, 0.6) is 11.6 Å². The quantitative estimate of drug-likeness (QED) is 0.637. The van der Waals surface area contributed by atoms with E-state index in [1.165, 1.54) is 0 Å². The SMILES string of the molecule is Cc1ccc(Br)cc1Oc1nc(NN)ncc1Br. The minimum absolute atomic E-state index is 0.292. The van der Waals surface area contributed by atoms with Crippen molar-refractivity contribution in [3.05, 3.63) is 38.9 Å². The number of hydrogen-bond donors (Lipinski definition) is 2. The van der Waals surface area contributed by atoms with E-state index < -0.39 is 0 Å². The first-order chi connectivity index (χ1) is 8.60. The molecule has 0 saturated carbocycles. The van der Waals surface area contributed by atoms with Crippen molar-refractivity contribution in [2.24, 2.45) is 5.84 Å². The number of hydrazine groups is 1. The van der Waals surface area contributed by atoms with E-state index in [4.69, 9.17) is 10.6 Å². The van der Waals surface area contributed by atoms with Gasteiger partial charge in [-0.1, -0.05) is 22.0 Å². The molecule has 0 fully saturated rings. The normalized spacial score (nSPS) is 10.2. The van der Waals surface area contributed by atoms with Crippen LogP contribution in [0.2, 0.25) is 0 Å². The summed E-state index contributed by atoms with van der Waals surface area (Å²) in [6.07, 6.45) is 1.57. The van der Waals surface area contributed by atoms with Gasteiger partial charge >= 0.3 is 0 Å². The van der Waals surface area contributed by atoms with Crippen LogP contribution in [-0.2, 0) is 0 Å². The minimum Gasteiger partial charge on any atom is -0.437 e. The van der Waals surface area contributed by atoms with E-state index in [1.807, 2.05) is 25.1 Å². The molecule has 94 valence electrons. The van der Waals surface area contributed by atoms with Gasteiger partial charge in [-0.15, -0.1) is 0 Å². The van der Waals surface area contributed by atoms with Gasteiger partial charge in [0.15, 0.2) is 0 Å².